The van der Waals surface area contributed by atoms with Gasteiger partial charge in [0.15, 0.2) is 5.78 Å². The molecule has 0 N–H and O–H groups in total. The highest BCUT2D eigenvalue weighted by Crippen LogP contribution is 2.26. The minimum absolute atomic E-state index is 0.217. The van der Waals surface area contributed by atoms with Gasteiger partial charge < -0.3 is 4.74 Å². The topological polar surface area (TPSA) is 26.3 Å². The van der Waals surface area contributed by atoms with E-state index in [0.717, 1.165) is 6.07 Å². The summed E-state index contributed by atoms with van der Waals surface area (Å²) in [5, 5.41) is 0. The zero-order valence-electron chi connectivity index (χ0n) is 8.27. The van der Waals surface area contributed by atoms with Crippen molar-refractivity contribution in [1.29, 1.82) is 0 Å². The number of carbonyl (C=O) groups excluding carboxylic acids is 1. The van der Waals surface area contributed by atoms with Gasteiger partial charge in [-0.2, -0.15) is 0 Å². The smallest absolute Gasteiger partial charge is 0.406 e. The second-order valence-electron chi connectivity index (χ2n) is 3.00. The maximum absolute atomic E-state index is 12.0. The summed E-state index contributed by atoms with van der Waals surface area (Å²) in [4.78, 5) is 11.3. The van der Waals surface area contributed by atoms with Gasteiger partial charge in [-0.15, -0.1) is 13.2 Å². The van der Waals surface area contributed by atoms with E-state index in [9.17, 15) is 18.0 Å². The zero-order chi connectivity index (χ0) is 12.3. The molecule has 1 aromatic carbocycles. The maximum Gasteiger partial charge on any atom is 0.573 e. The van der Waals surface area contributed by atoms with Crippen molar-refractivity contribution in [2.75, 3.05) is 0 Å². The Balaban J connectivity index is 3.03. The summed E-state index contributed by atoms with van der Waals surface area (Å²) in [5.41, 5.74) is 0.230. The number of hydrogen-bond acceptors (Lipinski definition) is 2. The first-order valence-corrected chi connectivity index (χ1v) is 5.49. The van der Waals surface area contributed by atoms with Crippen LogP contribution in [-0.2, 0) is 0 Å². The Kier molecular flexibility index (Phi) is 4.17. The van der Waals surface area contributed by atoms with Crippen LogP contribution in [0.4, 0.5) is 13.2 Å². The third kappa shape index (κ3) is 3.99. The van der Waals surface area contributed by atoms with Crippen LogP contribution in [0.1, 0.15) is 23.7 Å². The van der Waals surface area contributed by atoms with Crippen LogP contribution >= 0.6 is 22.6 Å². The van der Waals surface area contributed by atoms with E-state index in [2.05, 4.69) is 4.74 Å². The molecule has 88 valence electrons. The van der Waals surface area contributed by atoms with E-state index in [1.54, 1.807) is 6.92 Å². The first-order valence-electron chi connectivity index (χ1n) is 4.41. The van der Waals surface area contributed by atoms with Gasteiger partial charge in [0, 0.05) is 15.6 Å². The van der Waals surface area contributed by atoms with Crippen molar-refractivity contribution in [2.45, 2.75) is 19.7 Å². The van der Waals surface area contributed by atoms with Crippen LogP contribution in [0.2, 0.25) is 0 Å². The molecule has 0 aliphatic heterocycles. The average molecular weight is 344 g/mol. The molecule has 0 spiro atoms. The largest absolute Gasteiger partial charge is 0.573 e. The average Bonchev–Trinajstić information content (AvgIpc) is 2.12. The predicted octanol–water partition coefficient (Wildman–Crippen LogP) is 3.78. The lowest BCUT2D eigenvalue weighted by Crippen LogP contribution is -2.17. The Labute approximate surface area is 104 Å². The van der Waals surface area contributed by atoms with Crippen LogP contribution < -0.4 is 4.74 Å². The second kappa shape index (κ2) is 5.03. The molecule has 0 bridgehead atoms. The standard InChI is InChI=1S/C10H8F3IO2/c1-2-9(15)6-3-7(14)5-8(4-6)16-10(11,12)13/h3-5H,2H2,1H3. The van der Waals surface area contributed by atoms with E-state index in [-0.39, 0.29) is 23.5 Å². The van der Waals surface area contributed by atoms with Crippen molar-refractivity contribution in [3.05, 3.63) is 27.3 Å². The maximum atomic E-state index is 12.0. The Morgan fingerprint density at radius 3 is 2.50 bits per heavy atom. The third-order valence-corrected chi connectivity index (χ3v) is 2.37. The lowest BCUT2D eigenvalue weighted by molar-refractivity contribution is -0.274. The Morgan fingerprint density at radius 2 is 2.00 bits per heavy atom. The first-order chi connectivity index (χ1) is 7.31. The summed E-state index contributed by atoms with van der Waals surface area (Å²) in [7, 11) is 0. The van der Waals surface area contributed by atoms with Crippen LogP contribution in [0, 0.1) is 3.57 Å². The van der Waals surface area contributed by atoms with Gasteiger partial charge in [0.25, 0.3) is 0 Å². The monoisotopic (exact) mass is 344 g/mol. The molecule has 16 heavy (non-hydrogen) atoms. The molecule has 0 atom stereocenters. The van der Waals surface area contributed by atoms with Crippen molar-refractivity contribution in [1.82, 2.24) is 0 Å². The van der Waals surface area contributed by atoms with E-state index < -0.39 is 6.36 Å². The van der Waals surface area contributed by atoms with Crippen molar-refractivity contribution in [3.63, 3.8) is 0 Å². The molecule has 1 aromatic rings. The van der Waals surface area contributed by atoms with Crippen LogP contribution in [0.5, 0.6) is 5.75 Å². The van der Waals surface area contributed by atoms with Gasteiger partial charge in [-0.3, -0.25) is 4.79 Å². The Morgan fingerprint density at radius 1 is 1.38 bits per heavy atom. The molecule has 0 aliphatic carbocycles. The fraction of sp³-hybridized carbons (Fsp3) is 0.300. The van der Waals surface area contributed by atoms with E-state index in [0.29, 0.717) is 3.57 Å². The van der Waals surface area contributed by atoms with Crippen molar-refractivity contribution >= 4 is 28.4 Å². The number of hydrogen-bond donors (Lipinski definition) is 0. The predicted molar refractivity (Wildman–Crippen MR) is 60.5 cm³/mol. The van der Waals surface area contributed by atoms with Gasteiger partial charge >= 0.3 is 6.36 Å². The van der Waals surface area contributed by atoms with Crippen LogP contribution in [0.3, 0.4) is 0 Å². The second-order valence-corrected chi connectivity index (χ2v) is 4.25. The summed E-state index contributed by atoms with van der Waals surface area (Å²) < 4.78 is 40.2. The zero-order valence-corrected chi connectivity index (χ0v) is 10.4. The molecule has 0 aliphatic rings. The number of halogens is 4. The Bertz CT molecular complexity index is 402. The van der Waals surface area contributed by atoms with Gasteiger partial charge in [-0.1, -0.05) is 6.92 Å². The van der Waals surface area contributed by atoms with E-state index >= 15 is 0 Å². The van der Waals surface area contributed by atoms with E-state index in [1.807, 2.05) is 22.6 Å². The molecule has 0 radical (unpaired) electrons. The van der Waals surface area contributed by atoms with E-state index in [4.69, 9.17) is 0 Å². The van der Waals surface area contributed by atoms with Crippen LogP contribution in [0.15, 0.2) is 18.2 Å². The van der Waals surface area contributed by atoms with Crippen molar-refractivity contribution < 1.29 is 22.7 Å². The molecule has 0 saturated carbocycles. The van der Waals surface area contributed by atoms with Crippen molar-refractivity contribution in [3.8, 4) is 5.75 Å². The molecule has 0 saturated heterocycles. The molecule has 0 unspecified atom stereocenters. The van der Waals surface area contributed by atoms with Crippen molar-refractivity contribution in [2.24, 2.45) is 0 Å². The number of Topliss-reactive ketones (excluding diaryl/α,β-unsaturated/α-hetero) is 1. The fourth-order valence-corrected chi connectivity index (χ4v) is 1.76. The third-order valence-electron chi connectivity index (χ3n) is 1.75. The Hall–Kier alpha value is -0.790. The van der Waals surface area contributed by atoms with Gasteiger partial charge in [-0.05, 0) is 40.8 Å². The number of carbonyl (C=O) groups is 1. The first kappa shape index (κ1) is 13.3. The SMILES string of the molecule is CCC(=O)c1cc(I)cc(OC(F)(F)F)c1. The van der Waals surface area contributed by atoms with Crippen LogP contribution in [0.25, 0.3) is 0 Å². The summed E-state index contributed by atoms with van der Waals surface area (Å²) in [6, 6.07) is 3.84. The van der Waals surface area contributed by atoms with Crippen LogP contribution in [-0.4, -0.2) is 12.1 Å². The molecule has 2 nitrogen and oxygen atoms in total. The molecule has 0 amide bonds. The van der Waals surface area contributed by atoms with Gasteiger partial charge in [-0.25, -0.2) is 0 Å². The number of ether oxygens (including phenoxy) is 1. The molecular weight excluding hydrogens is 336 g/mol. The van der Waals surface area contributed by atoms with Gasteiger partial charge in [0.05, 0.1) is 0 Å². The summed E-state index contributed by atoms with van der Waals surface area (Å²) in [6.07, 6.45) is -4.50. The quantitative estimate of drug-likeness (QED) is 0.616. The minimum atomic E-state index is -4.74. The molecule has 1 rings (SSSR count). The molecule has 0 heterocycles. The lowest BCUT2D eigenvalue weighted by atomic mass is 10.1. The molecule has 0 fully saturated rings. The highest BCUT2D eigenvalue weighted by Gasteiger charge is 2.31. The summed E-state index contributed by atoms with van der Waals surface area (Å²) in [5.74, 6) is -0.582. The molecule has 6 heteroatoms. The minimum Gasteiger partial charge on any atom is -0.406 e. The number of rotatable bonds is 3. The number of benzene rings is 1. The summed E-state index contributed by atoms with van der Waals surface area (Å²) in [6.45, 7) is 1.65. The normalized spacial score (nSPS) is 11.3. The van der Waals surface area contributed by atoms with Gasteiger partial charge in [0.2, 0.25) is 0 Å². The molecular formula is C10H8F3IO2. The highest BCUT2D eigenvalue weighted by molar-refractivity contribution is 14.1. The van der Waals surface area contributed by atoms with E-state index in [1.165, 1.54) is 12.1 Å². The lowest BCUT2D eigenvalue weighted by Gasteiger charge is -2.10. The van der Waals surface area contributed by atoms with Gasteiger partial charge in [0.1, 0.15) is 5.75 Å². The summed E-state index contributed by atoms with van der Waals surface area (Å²) >= 11 is 1.83. The number of ketones is 1. The number of alkyl halides is 3. The highest BCUT2D eigenvalue weighted by atomic mass is 127. The fourth-order valence-electron chi connectivity index (χ4n) is 1.12. The molecule has 0 aromatic heterocycles.